The summed E-state index contributed by atoms with van der Waals surface area (Å²) in [6.45, 7) is 7.78. The SMILES string of the molecule is C=CC(=O)N1CCN(c2nc(OCC3CCCN3C)nc3c(Cc4cc(O)cc5ccccc45)cn(C)c23)CC1. The topological polar surface area (TPSA) is 87.0 Å². The number of hydrogen-bond donors (Lipinski definition) is 1. The van der Waals surface area contributed by atoms with Gasteiger partial charge in [-0.25, -0.2) is 0 Å². The predicted octanol–water partition coefficient (Wildman–Crippen LogP) is 3.73. The Kier molecular flexibility index (Phi) is 7.06. The van der Waals surface area contributed by atoms with E-state index in [1.807, 2.05) is 36.2 Å². The number of ether oxygens (including phenoxy) is 1. The molecule has 1 N–H and O–H groups in total. The summed E-state index contributed by atoms with van der Waals surface area (Å²) in [4.78, 5) is 28.4. The normalized spacial score (nSPS) is 18.1. The van der Waals surface area contributed by atoms with Crippen molar-refractivity contribution in [1.82, 2.24) is 24.3 Å². The first kappa shape index (κ1) is 26.1. The average Bonchev–Trinajstić information content (AvgIpc) is 3.52. The molecular formula is C31H36N6O3. The molecule has 4 heterocycles. The summed E-state index contributed by atoms with van der Waals surface area (Å²) in [6, 6.07) is 12.5. The molecule has 9 heteroatoms. The fraction of sp³-hybridized carbons (Fsp3) is 0.387. The number of nitrogens with zero attached hydrogens (tertiary/aromatic N) is 6. The number of aromatic hydroxyl groups is 1. The number of likely N-dealkylation sites (tertiary alicyclic amines) is 1. The van der Waals surface area contributed by atoms with Crippen LogP contribution in [0, 0.1) is 0 Å². The summed E-state index contributed by atoms with van der Waals surface area (Å²) in [5, 5.41) is 12.6. The van der Waals surface area contributed by atoms with Crippen molar-refractivity contribution in [3.63, 3.8) is 0 Å². The van der Waals surface area contributed by atoms with E-state index in [1.165, 1.54) is 12.5 Å². The van der Waals surface area contributed by atoms with Crippen LogP contribution in [0.5, 0.6) is 11.8 Å². The minimum Gasteiger partial charge on any atom is -0.508 e. The third-order valence-electron chi connectivity index (χ3n) is 8.31. The van der Waals surface area contributed by atoms with Gasteiger partial charge in [0.25, 0.3) is 0 Å². The van der Waals surface area contributed by atoms with Gasteiger partial charge in [0.15, 0.2) is 5.82 Å². The van der Waals surface area contributed by atoms with Crippen LogP contribution in [0.3, 0.4) is 0 Å². The fourth-order valence-corrected chi connectivity index (χ4v) is 6.10. The predicted molar refractivity (Wildman–Crippen MR) is 157 cm³/mol. The zero-order valence-electron chi connectivity index (χ0n) is 23.2. The zero-order chi connectivity index (χ0) is 27.8. The number of piperazine rings is 1. The van der Waals surface area contributed by atoms with E-state index >= 15 is 0 Å². The van der Waals surface area contributed by atoms with Crippen LogP contribution in [0.4, 0.5) is 5.82 Å². The van der Waals surface area contributed by atoms with E-state index in [2.05, 4.69) is 40.3 Å². The molecule has 2 saturated heterocycles. The maximum atomic E-state index is 12.2. The highest BCUT2D eigenvalue weighted by molar-refractivity contribution is 5.92. The molecule has 0 radical (unpaired) electrons. The van der Waals surface area contributed by atoms with Gasteiger partial charge < -0.3 is 29.1 Å². The van der Waals surface area contributed by atoms with Crippen molar-refractivity contribution in [2.45, 2.75) is 25.3 Å². The Morgan fingerprint density at radius 2 is 1.90 bits per heavy atom. The molecule has 208 valence electrons. The van der Waals surface area contributed by atoms with Crippen molar-refractivity contribution >= 4 is 33.5 Å². The number of rotatable bonds is 7. The summed E-state index contributed by atoms with van der Waals surface area (Å²) in [5.74, 6) is 1.03. The van der Waals surface area contributed by atoms with Crippen LogP contribution < -0.4 is 9.64 Å². The van der Waals surface area contributed by atoms with Crippen molar-refractivity contribution in [2.24, 2.45) is 7.05 Å². The molecule has 2 aliphatic heterocycles. The van der Waals surface area contributed by atoms with Crippen molar-refractivity contribution in [3.05, 3.63) is 66.4 Å². The van der Waals surface area contributed by atoms with Gasteiger partial charge in [0, 0.05) is 57.4 Å². The molecule has 2 aromatic heterocycles. The van der Waals surface area contributed by atoms with Crippen LogP contribution in [0.2, 0.25) is 0 Å². The maximum Gasteiger partial charge on any atom is 0.319 e. The number of anilines is 1. The molecule has 4 aromatic rings. The Balaban J connectivity index is 1.39. The lowest BCUT2D eigenvalue weighted by atomic mass is 9.99. The van der Waals surface area contributed by atoms with Gasteiger partial charge in [0.05, 0.1) is 0 Å². The number of phenolic OH excluding ortho intramolecular Hbond substituents is 1. The quantitative estimate of drug-likeness (QED) is 0.358. The van der Waals surface area contributed by atoms with Crippen LogP contribution >= 0.6 is 0 Å². The van der Waals surface area contributed by atoms with Crippen LogP contribution in [-0.2, 0) is 18.3 Å². The molecule has 2 aromatic carbocycles. The second-order valence-corrected chi connectivity index (χ2v) is 10.9. The third kappa shape index (κ3) is 4.97. The lowest BCUT2D eigenvalue weighted by Gasteiger charge is -2.35. The first-order chi connectivity index (χ1) is 19.4. The number of carbonyl (C=O) groups excluding carboxylic acids is 1. The summed E-state index contributed by atoms with van der Waals surface area (Å²) < 4.78 is 8.35. The molecule has 0 aliphatic carbocycles. The number of carbonyl (C=O) groups is 1. The number of phenols is 1. The second kappa shape index (κ2) is 10.8. The molecule has 6 rings (SSSR count). The van der Waals surface area contributed by atoms with Gasteiger partial charge >= 0.3 is 6.01 Å². The van der Waals surface area contributed by atoms with Gasteiger partial charge in [0.1, 0.15) is 23.4 Å². The van der Waals surface area contributed by atoms with Crippen molar-refractivity contribution in [2.75, 3.05) is 51.3 Å². The van der Waals surface area contributed by atoms with Crippen LogP contribution in [0.25, 0.3) is 21.8 Å². The van der Waals surface area contributed by atoms with Gasteiger partial charge in [-0.05, 0) is 61.0 Å². The highest BCUT2D eigenvalue weighted by Gasteiger charge is 2.27. The number of fused-ring (bicyclic) bond motifs is 2. The molecule has 2 fully saturated rings. The maximum absolute atomic E-state index is 12.2. The molecule has 0 spiro atoms. The van der Waals surface area contributed by atoms with Crippen LogP contribution in [0.1, 0.15) is 24.0 Å². The summed E-state index contributed by atoms with van der Waals surface area (Å²) in [5.41, 5.74) is 3.86. The lowest BCUT2D eigenvalue weighted by Crippen LogP contribution is -2.48. The monoisotopic (exact) mass is 540 g/mol. The lowest BCUT2D eigenvalue weighted by molar-refractivity contribution is -0.126. The van der Waals surface area contributed by atoms with Gasteiger partial charge in [-0.2, -0.15) is 9.97 Å². The van der Waals surface area contributed by atoms with Crippen LogP contribution in [0.15, 0.2) is 55.3 Å². The summed E-state index contributed by atoms with van der Waals surface area (Å²) in [7, 11) is 4.15. The van der Waals surface area contributed by atoms with Crippen molar-refractivity contribution < 1.29 is 14.6 Å². The molecule has 40 heavy (non-hydrogen) atoms. The van der Waals surface area contributed by atoms with E-state index in [0.29, 0.717) is 51.3 Å². The van der Waals surface area contributed by atoms with E-state index in [9.17, 15) is 9.90 Å². The Morgan fingerprint density at radius 3 is 2.65 bits per heavy atom. The molecule has 1 atom stereocenters. The highest BCUT2D eigenvalue weighted by Crippen LogP contribution is 2.34. The second-order valence-electron chi connectivity index (χ2n) is 10.9. The Morgan fingerprint density at radius 1 is 1.10 bits per heavy atom. The summed E-state index contributed by atoms with van der Waals surface area (Å²) in [6.07, 6.45) is 6.36. The Labute approximate surface area is 234 Å². The number of benzene rings is 2. The number of amides is 1. The molecule has 1 amide bonds. The molecule has 2 aliphatic rings. The van der Waals surface area contributed by atoms with E-state index in [-0.39, 0.29) is 11.7 Å². The number of aryl methyl sites for hydroxylation is 1. The fourth-order valence-electron chi connectivity index (χ4n) is 6.10. The number of aromatic nitrogens is 3. The van der Waals surface area contributed by atoms with Crippen molar-refractivity contribution in [1.29, 1.82) is 0 Å². The third-order valence-corrected chi connectivity index (χ3v) is 8.31. The number of hydrogen-bond acceptors (Lipinski definition) is 7. The van der Waals surface area contributed by atoms with E-state index < -0.39 is 0 Å². The summed E-state index contributed by atoms with van der Waals surface area (Å²) >= 11 is 0. The Hall–Kier alpha value is -4.11. The molecule has 0 saturated carbocycles. The molecular weight excluding hydrogens is 504 g/mol. The van der Waals surface area contributed by atoms with Crippen LogP contribution in [-0.4, -0.2) is 87.8 Å². The minimum absolute atomic E-state index is 0.0447. The number of likely N-dealkylation sites (N-methyl/N-ethyl adjacent to an activating group) is 1. The highest BCUT2D eigenvalue weighted by atomic mass is 16.5. The molecule has 0 bridgehead atoms. The first-order valence-corrected chi connectivity index (χ1v) is 14.0. The van der Waals surface area contributed by atoms with Crippen molar-refractivity contribution in [3.8, 4) is 11.8 Å². The van der Waals surface area contributed by atoms with Gasteiger partial charge in [0.2, 0.25) is 5.91 Å². The van der Waals surface area contributed by atoms with Gasteiger partial charge in [-0.15, -0.1) is 0 Å². The Bertz CT molecular complexity index is 1570. The molecule has 1 unspecified atom stereocenters. The van der Waals surface area contributed by atoms with Gasteiger partial charge in [-0.3, -0.25) is 4.79 Å². The average molecular weight is 541 g/mol. The van der Waals surface area contributed by atoms with E-state index in [4.69, 9.17) is 14.7 Å². The minimum atomic E-state index is -0.0447. The molecule has 9 nitrogen and oxygen atoms in total. The van der Waals surface area contributed by atoms with E-state index in [0.717, 1.165) is 51.7 Å². The smallest absolute Gasteiger partial charge is 0.319 e. The van der Waals surface area contributed by atoms with E-state index in [1.54, 1.807) is 6.07 Å². The first-order valence-electron chi connectivity index (χ1n) is 14.0. The van der Waals surface area contributed by atoms with Gasteiger partial charge in [-0.1, -0.05) is 30.8 Å². The zero-order valence-corrected chi connectivity index (χ0v) is 23.2. The standard InChI is InChI=1S/C31H36N6O3/c1-4-27(39)36-12-14-37(15-13-36)30-29-28(32-31(33-30)40-20-24-9-7-11-34(24)2)23(19-35(29)3)16-22-18-25(38)17-21-8-5-6-10-26(21)22/h4-6,8,10,17-19,24,38H,1,7,9,11-16,20H2,2-3H3. The largest absolute Gasteiger partial charge is 0.508 e.